The molecular weight excluding hydrogens is 184 g/mol. The molecule has 0 saturated heterocycles. The molecule has 1 aromatic rings. The van der Waals surface area contributed by atoms with Crippen LogP contribution in [0.1, 0.15) is 25.3 Å². The van der Waals surface area contributed by atoms with Gasteiger partial charge in [0.25, 0.3) is 0 Å². The Hall–Kier alpha value is -0.670. The lowest BCUT2D eigenvalue weighted by atomic mass is 9.95. The van der Waals surface area contributed by atoms with E-state index in [0.717, 1.165) is 12.7 Å². The second kappa shape index (κ2) is 4.53. The highest BCUT2D eigenvalue weighted by molar-refractivity contribution is 7.07. The number of hydrogen-bond acceptors (Lipinski definition) is 3. The van der Waals surface area contributed by atoms with Gasteiger partial charge in [0.05, 0.1) is 5.60 Å². The Morgan fingerprint density at radius 2 is 2.46 bits per heavy atom. The minimum atomic E-state index is -0.844. The predicted molar refractivity (Wildman–Crippen MR) is 53.9 cm³/mol. The molecular formula is C10H14O2S. The molecule has 0 spiro atoms. The van der Waals surface area contributed by atoms with Crippen LogP contribution in [-0.4, -0.2) is 17.0 Å². The van der Waals surface area contributed by atoms with Crippen molar-refractivity contribution >= 4 is 17.6 Å². The molecule has 0 amide bonds. The van der Waals surface area contributed by atoms with Gasteiger partial charge in [0.2, 0.25) is 0 Å². The van der Waals surface area contributed by atoms with Crippen molar-refractivity contribution in [1.29, 1.82) is 0 Å². The van der Waals surface area contributed by atoms with Crippen LogP contribution in [0.2, 0.25) is 0 Å². The quantitative estimate of drug-likeness (QED) is 0.735. The Labute approximate surface area is 82.2 Å². The van der Waals surface area contributed by atoms with Crippen LogP contribution >= 0.6 is 11.3 Å². The summed E-state index contributed by atoms with van der Waals surface area (Å²) in [6, 6.07) is 2.04. The zero-order valence-corrected chi connectivity index (χ0v) is 8.51. The van der Waals surface area contributed by atoms with Gasteiger partial charge in [-0.3, -0.25) is 0 Å². The van der Waals surface area contributed by atoms with Crippen LogP contribution in [0.3, 0.4) is 0 Å². The van der Waals surface area contributed by atoms with E-state index >= 15 is 0 Å². The van der Waals surface area contributed by atoms with Crippen molar-refractivity contribution < 1.29 is 9.90 Å². The number of carbonyl (C=O) groups excluding carboxylic acids is 1. The Morgan fingerprint density at radius 1 is 1.69 bits per heavy atom. The van der Waals surface area contributed by atoms with Crippen LogP contribution in [-0.2, 0) is 11.2 Å². The maximum absolute atomic E-state index is 10.2. The standard InChI is InChI=1S/C10H14O2S/c1-10(12,5-6-11)4-2-9-3-7-13-8-9/h3,6-8,12H,2,4-5H2,1H3. The fraction of sp³-hybridized carbons (Fsp3) is 0.500. The van der Waals surface area contributed by atoms with Crippen molar-refractivity contribution in [3.05, 3.63) is 22.4 Å². The molecule has 1 heterocycles. The van der Waals surface area contributed by atoms with Gasteiger partial charge >= 0.3 is 0 Å². The third-order valence-electron chi connectivity index (χ3n) is 2.06. The molecule has 0 fully saturated rings. The summed E-state index contributed by atoms with van der Waals surface area (Å²) in [6.45, 7) is 1.70. The maximum Gasteiger partial charge on any atom is 0.122 e. The van der Waals surface area contributed by atoms with Gasteiger partial charge in [0, 0.05) is 6.42 Å². The smallest absolute Gasteiger partial charge is 0.122 e. The largest absolute Gasteiger partial charge is 0.390 e. The minimum absolute atomic E-state index is 0.219. The summed E-state index contributed by atoms with van der Waals surface area (Å²) < 4.78 is 0. The van der Waals surface area contributed by atoms with Crippen molar-refractivity contribution in [3.8, 4) is 0 Å². The van der Waals surface area contributed by atoms with E-state index in [4.69, 9.17) is 0 Å². The van der Waals surface area contributed by atoms with Gasteiger partial charge < -0.3 is 9.90 Å². The first kappa shape index (κ1) is 10.4. The van der Waals surface area contributed by atoms with Crippen LogP contribution < -0.4 is 0 Å². The van der Waals surface area contributed by atoms with E-state index in [1.807, 2.05) is 11.4 Å². The zero-order valence-electron chi connectivity index (χ0n) is 7.69. The van der Waals surface area contributed by atoms with E-state index < -0.39 is 5.60 Å². The molecule has 1 atom stereocenters. The molecule has 0 radical (unpaired) electrons. The van der Waals surface area contributed by atoms with E-state index in [1.54, 1.807) is 18.3 Å². The molecule has 0 aliphatic heterocycles. The number of thiophene rings is 1. The fourth-order valence-electron chi connectivity index (χ4n) is 1.13. The second-order valence-corrected chi connectivity index (χ2v) is 4.28. The minimum Gasteiger partial charge on any atom is -0.390 e. The number of rotatable bonds is 5. The van der Waals surface area contributed by atoms with Gasteiger partial charge in [-0.25, -0.2) is 0 Å². The van der Waals surface area contributed by atoms with Gasteiger partial charge in [-0.15, -0.1) is 0 Å². The van der Waals surface area contributed by atoms with Crippen molar-refractivity contribution in [3.63, 3.8) is 0 Å². The van der Waals surface area contributed by atoms with E-state index in [2.05, 4.69) is 5.38 Å². The Bertz CT molecular complexity index is 252. The normalized spacial score (nSPS) is 15.2. The van der Waals surface area contributed by atoms with E-state index in [9.17, 15) is 9.90 Å². The summed E-state index contributed by atoms with van der Waals surface area (Å²) in [5, 5.41) is 13.8. The average molecular weight is 198 g/mol. The summed E-state index contributed by atoms with van der Waals surface area (Å²) in [5.41, 5.74) is 0.389. The first-order chi connectivity index (χ1) is 6.14. The first-order valence-corrected chi connectivity index (χ1v) is 5.25. The molecule has 0 aromatic carbocycles. The molecule has 0 saturated carbocycles. The predicted octanol–water partition coefficient (Wildman–Crippen LogP) is 2.02. The molecule has 2 nitrogen and oxygen atoms in total. The molecule has 13 heavy (non-hydrogen) atoms. The highest BCUT2D eigenvalue weighted by Crippen LogP contribution is 2.17. The summed E-state index contributed by atoms with van der Waals surface area (Å²) in [6.07, 6.45) is 2.47. The van der Waals surface area contributed by atoms with Crippen LogP contribution in [0, 0.1) is 0 Å². The molecule has 1 aromatic heterocycles. The van der Waals surface area contributed by atoms with E-state index in [0.29, 0.717) is 6.42 Å². The van der Waals surface area contributed by atoms with E-state index in [1.165, 1.54) is 5.56 Å². The lowest BCUT2D eigenvalue weighted by Crippen LogP contribution is -2.25. The van der Waals surface area contributed by atoms with Crippen molar-refractivity contribution in [2.24, 2.45) is 0 Å². The maximum atomic E-state index is 10.2. The topological polar surface area (TPSA) is 37.3 Å². The molecule has 1 unspecified atom stereocenters. The number of hydrogen-bond donors (Lipinski definition) is 1. The molecule has 0 aliphatic rings. The zero-order chi connectivity index (χ0) is 9.73. The summed E-state index contributed by atoms with van der Waals surface area (Å²) in [7, 11) is 0. The van der Waals surface area contributed by atoms with Crippen LogP contribution in [0.15, 0.2) is 16.8 Å². The summed E-state index contributed by atoms with van der Waals surface area (Å²) in [5.74, 6) is 0. The monoisotopic (exact) mass is 198 g/mol. The van der Waals surface area contributed by atoms with Gasteiger partial charge in [-0.05, 0) is 42.2 Å². The molecule has 1 rings (SSSR count). The number of carbonyl (C=O) groups is 1. The average Bonchev–Trinajstić information content (AvgIpc) is 2.52. The Morgan fingerprint density at radius 3 is 3.00 bits per heavy atom. The van der Waals surface area contributed by atoms with E-state index in [-0.39, 0.29) is 6.42 Å². The molecule has 72 valence electrons. The van der Waals surface area contributed by atoms with Gasteiger partial charge in [0.1, 0.15) is 6.29 Å². The molecule has 0 aliphatic carbocycles. The lowest BCUT2D eigenvalue weighted by molar-refractivity contribution is -0.111. The summed E-state index contributed by atoms with van der Waals surface area (Å²) >= 11 is 1.65. The van der Waals surface area contributed by atoms with Crippen molar-refractivity contribution in [2.45, 2.75) is 31.8 Å². The van der Waals surface area contributed by atoms with Crippen molar-refractivity contribution in [2.75, 3.05) is 0 Å². The van der Waals surface area contributed by atoms with Crippen LogP contribution in [0.25, 0.3) is 0 Å². The molecule has 0 bridgehead atoms. The third-order valence-corrected chi connectivity index (χ3v) is 2.79. The third kappa shape index (κ3) is 3.70. The molecule has 3 heteroatoms. The molecule has 1 N–H and O–H groups in total. The number of aryl methyl sites for hydroxylation is 1. The highest BCUT2D eigenvalue weighted by Gasteiger charge is 2.19. The van der Waals surface area contributed by atoms with Crippen molar-refractivity contribution in [1.82, 2.24) is 0 Å². The highest BCUT2D eigenvalue weighted by atomic mass is 32.1. The van der Waals surface area contributed by atoms with Gasteiger partial charge in [0.15, 0.2) is 0 Å². The van der Waals surface area contributed by atoms with Crippen LogP contribution in [0.4, 0.5) is 0 Å². The SMILES string of the molecule is CC(O)(CC=O)CCc1ccsc1. The van der Waals surface area contributed by atoms with Gasteiger partial charge in [-0.2, -0.15) is 11.3 Å². The fourth-order valence-corrected chi connectivity index (χ4v) is 1.83. The summed E-state index contributed by atoms with van der Waals surface area (Å²) in [4.78, 5) is 10.2. The second-order valence-electron chi connectivity index (χ2n) is 3.50. The van der Waals surface area contributed by atoms with Gasteiger partial charge in [-0.1, -0.05) is 0 Å². The Balaban J connectivity index is 2.37. The number of aldehydes is 1. The van der Waals surface area contributed by atoms with Crippen LogP contribution in [0.5, 0.6) is 0 Å². The lowest BCUT2D eigenvalue weighted by Gasteiger charge is -2.19. The number of aliphatic hydroxyl groups is 1. The Kier molecular flexibility index (Phi) is 3.63. The first-order valence-electron chi connectivity index (χ1n) is 4.31.